The van der Waals surface area contributed by atoms with Gasteiger partial charge in [-0.3, -0.25) is 4.99 Å². The van der Waals surface area contributed by atoms with Crippen molar-refractivity contribution in [2.75, 3.05) is 6.54 Å². The van der Waals surface area contributed by atoms with Crippen LogP contribution in [0.3, 0.4) is 0 Å². The van der Waals surface area contributed by atoms with E-state index in [1.165, 1.54) is 6.42 Å². The Morgan fingerprint density at radius 2 is 2.00 bits per heavy atom. The van der Waals surface area contributed by atoms with Gasteiger partial charge in [-0.05, 0) is 25.0 Å². The number of rotatable bonds is 3. The Kier molecular flexibility index (Phi) is 3.52. The first-order valence-corrected chi connectivity index (χ1v) is 3.57. The van der Waals surface area contributed by atoms with E-state index in [0.717, 1.165) is 6.54 Å². The van der Waals surface area contributed by atoms with Crippen molar-refractivity contribution in [3.8, 4) is 0 Å². The molecule has 0 bridgehead atoms. The fraction of sp³-hybridized carbons (Fsp3) is 0.875. The van der Waals surface area contributed by atoms with Crippen LogP contribution >= 0.6 is 0 Å². The topological polar surface area (TPSA) is 12.4 Å². The summed E-state index contributed by atoms with van der Waals surface area (Å²) in [6.45, 7) is 9.59. The SMILES string of the molecule is CC=NCC(C)(C)CC. The van der Waals surface area contributed by atoms with E-state index in [1.807, 2.05) is 13.1 Å². The molecule has 0 aromatic heterocycles. The summed E-state index contributed by atoms with van der Waals surface area (Å²) < 4.78 is 0. The third kappa shape index (κ3) is 4.19. The minimum Gasteiger partial charge on any atom is -0.297 e. The Hall–Kier alpha value is -0.330. The lowest BCUT2D eigenvalue weighted by atomic mass is 9.91. The van der Waals surface area contributed by atoms with E-state index in [9.17, 15) is 0 Å². The van der Waals surface area contributed by atoms with E-state index in [4.69, 9.17) is 0 Å². The highest BCUT2D eigenvalue weighted by molar-refractivity contribution is 5.53. The normalized spacial score (nSPS) is 12.9. The van der Waals surface area contributed by atoms with Gasteiger partial charge in [-0.2, -0.15) is 0 Å². The van der Waals surface area contributed by atoms with Crippen molar-refractivity contribution in [1.82, 2.24) is 0 Å². The van der Waals surface area contributed by atoms with Gasteiger partial charge in [0.05, 0.1) is 0 Å². The number of hydrogen-bond acceptors (Lipinski definition) is 1. The molecule has 9 heavy (non-hydrogen) atoms. The lowest BCUT2D eigenvalue weighted by Gasteiger charge is -2.18. The molecule has 0 heterocycles. The zero-order chi connectivity index (χ0) is 7.33. The zero-order valence-corrected chi connectivity index (χ0v) is 6.94. The van der Waals surface area contributed by atoms with Gasteiger partial charge in [0, 0.05) is 6.54 Å². The summed E-state index contributed by atoms with van der Waals surface area (Å²) in [5.74, 6) is 0. The maximum Gasteiger partial charge on any atom is 0.0436 e. The smallest absolute Gasteiger partial charge is 0.0436 e. The van der Waals surface area contributed by atoms with Crippen LogP contribution in [0.1, 0.15) is 34.1 Å². The van der Waals surface area contributed by atoms with Crippen LogP contribution in [0.15, 0.2) is 4.99 Å². The van der Waals surface area contributed by atoms with E-state index in [1.54, 1.807) is 0 Å². The van der Waals surface area contributed by atoms with Crippen molar-refractivity contribution in [1.29, 1.82) is 0 Å². The van der Waals surface area contributed by atoms with Gasteiger partial charge >= 0.3 is 0 Å². The van der Waals surface area contributed by atoms with Crippen LogP contribution in [0, 0.1) is 5.41 Å². The summed E-state index contributed by atoms with van der Waals surface area (Å²) in [4.78, 5) is 4.19. The molecule has 0 aliphatic heterocycles. The molecule has 0 radical (unpaired) electrons. The van der Waals surface area contributed by atoms with Gasteiger partial charge in [-0.1, -0.05) is 20.8 Å². The van der Waals surface area contributed by atoms with E-state index in [0.29, 0.717) is 5.41 Å². The fourth-order valence-corrected chi connectivity index (χ4v) is 0.450. The summed E-state index contributed by atoms with van der Waals surface area (Å²) in [7, 11) is 0. The quantitative estimate of drug-likeness (QED) is 0.516. The van der Waals surface area contributed by atoms with Crippen molar-refractivity contribution in [3.05, 3.63) is 0 Å². The Bertz CT molecular complexity index is 92.7. The monoisotopic (exact) mass is 127 g/mol. The molecule has 0 atom stereocenters. The fourth-order valence-electron chi connectivity index (χ4n) is 0.450. The summed E-state index contributed by atoms with van der Waals surface area (Å²) >= 11 is 0. The Balaban J connectivity index is 3.58. The molecule has 0 N–H and O–H groups in total. The zero-order valence-electron chi connectivity index (χ0n) is 6.94. The van der Waals surface area contributed by atoms with Crippen molar-refractivity contribution >= 4 is 6.21 Å². The van der Waals surface area contributed by atoms with E-state index in [-0.39, 0.29) is 0 Å². The maximum absolute atomic E-state index is 4.19. The maximum atomic E-state index is 4.19. The predicted octanol–water partition coefficient (Wildman–Crippen LogP) is 2.51. The van der Waals surface area contributed by atoms with Gasteiger partial charge in [0.25, 0.3) is 0 Å². The lowest BCUT2D eigenvalue weighted by molar-refractivity contribution is 0.366. The minimum atomic E-state index is 0.395. The number of nitrogens with zero attached hydrogens (tertiary/aromatic N) is 1. The van der Waals surface area contributed by atoms with Crippen LogP contribution in [-0.4, -0.2) is 12.8 Å². The van der Waals surface area contributed by atoms with Crippen LogP contribution in [-0.2, 0) is 0 Å². The Morgan fingerprint density at radius 1 is 1.44 bits per heavy atom. The van der Waals surface area contributed by atoms with Crippen molar-refractivity contribution < 1.29 is 0 Å². The van der Waals surface area contributed by atoms with Crippen LogP contribution in [0.25, 0.3) is 0 Å². The molecule has 0 spiro atoms. The molecular weight excluding hydrogens is 110 g/mol. The first kappa shape index (κ1) is 8.67. The molecule has 0 fully saturated rings. The Morgan fingerprint density at radius 3 is 2.33 bits per heavy atom. The molecule has 0 saturated carbocycles. The Labute approximate surface area is 58.2 Å². The van der Waals surface area contributed by atoms with Crippen LogP contribution in [0.5, 0.6) is 0 Å². The third-order valence-electron chi connectivity index (χ3n) is 1.66. The molecule has 0 aromatic carbocycles. The average Bonchev–Trinajstić information content (AvgIpc) is 1.84. The molecule has 0 aromatic rings. The standard InChI is InChI=1S/C8H17N/c1-5-8(3,4)7-9-6-2/h6H,5,7H2,1-4H3. The molecule has 0 saturated heterocycles. The highest BCUT2D eigenvalue weighted by Gasteiger charge is 2.12. The van der Waals surface area contributed by atoms with Crippen LogP contribution < -0.4 is 0 Å². The molecular formula is C8H17N. The summed E-state index contributed by atoms with van der Waals surface area (Å²) in [6, 6.07) is 0. The molecule has 0 aliphatic rings. The third-order valence-corrected chi connectivity index (χ3v) is 1.66. The average molecular weight is 127 g/mol. The predicted molar refractivity (Wildman–Crippen MR) is 43.1 cm³/mol. The summed E-state index contributed by atoms with van der Waals surface area (Å²) in [6.07, 6.45) is 3.07. The molecule has 0 aliphatic carbocycles. The highest BCUT2D eigenvalue weighted by Crippen LogP contribution is 2.18. The molecule has 0 rings (SSSR count). The van der Waals surface area contributed by atoms with Gasteiger partial charge in [0.2, 0.25) is 0 Å². The minimum absolute atomic E-state index is 0.395. The molecule has 0 amide bonds. The van der Waals surface area contributed by atoms with Gasteiger partial charge in [0.1, 0.15) is 0 Å². The van der Waals surface area contributed by atoms with Gasteiger partial charge in [0.15, 0.2) is 0 Å². The van der Waals surface area contributed by atoms with E-state index >= 15 is 0 Å². The van der Waals surface area contributed by atoms with E-state index < -0.39 is 0 Å². The highest BCUT2D eigenvalue weighted by atomic mass is 14.7. The lowest BCUT2D eigenvalue weighted by Crippen LogP contribution is -2.13. The van der Waals surface area contributed by atoms with Crippen LogP contribution in [0.2, 0.25) is 0 Å². The van der Waals surface area contributed by atoms with Crippen molar-refractivity contribution in [2.24, 2.45) is 10.4 Å². The molecule has 0 unspecified atom stereocenters. The second kappa shape index (κ2) is 3.65. The van der Waals surface area contributed by atoms with Crippen molar-refractivity contribution in [3.63, 3.8) is 0 Å². The van der Waals surface area contributed by atoms with Crippen molar-refractivity contribution in [2.45, 2.75) is 34.1 Å². The molecule has 1 heteroatoms. The first-order valence-electron chi connectivity index (χ1n) is 3.57. The van der Waals surface area contributed by atoms with Gasteiger partial charge < -0.3 is 0 Å². The largest absolute Gasteiger partial charge is 0.297 e. The second-order valence-electron chi connectivity index (χ2n) is 3.12. The number of hydrogen-bond donors (Lipinski definition) is 0. The molecule has 54 valence electrons. The number of aliphatic imine (C=N–C) groups is 1. The second-order valence-corrected chi connectivity index (χ2v) is 3.12. The first-order chi connectivity index (χ1) is 4.12. The van der Waals surface area contributed by atoms with Gasteiger partial charge in [-0.15, -0.1) is 0 Å². The summed E-state index contributed by atoms with van der Waals surface area (Å²) in [5, 5.41) is 0. The summed E-state index contributed by atoms with van der Waals surface area (Å²) in [5.41, 5.74) is 0.395. The van der Waals surface area contributed by atoms with Crippen LogP contribution in [0.4, 0.5) is 0 Å². The van der Waals surface area contributed by atoms with E-state index in [2.05, 4.69) is 25.8 Å². The molecule has 1 nitrogen and oxygen atoms in total. The van der Waals surface area contributed by atoms with Gasteiger partial charge in [-0.25, -0.2) is 0 Å².